The molecule has 0 saturated heterocycles. The molecule has 7 nitrogen and oxygen atoms in total. The van der Waals surface area contributed by atoms with Crippen molar-refractivity contribution in [1.29, 1.82) is 0 Å². The quantitative estimate of drug-likeness (QED) is 0.475. The van der Waals surface area contributed by atoms with Gasteiger partial charge in [-0.25, -0.2) is 4.79 Å². The van der Waals surface area contributed by atoms with Crippen LogP contribution in [0.25, 0.3) is 11.1 Å². The zero-order valence-corrected chi connectivity index (χ0v) is 18.7. The zero-order valence-electron chi connectivity index (χ0n) is 18.7. The maximum atomic E-state index is 12.5. The minimum absolute atomic E-state index is 0.0792. The second kappa shape index (κ2) is 10.2. The highest BCUT2D eigenvalue weighted by Crippen LogP contribution is 2.44. The van der Waals surface area contributed by atoms with E-state index in [0.717, 1.165) is 22.3 Å². The molecule has 0 spiro atoms. The zero-order chi connectivity index (χ0) is 24.1. The standard InChI is InChI=1S/C27H26N2O5/c1-17(25(30)28-15-23(26(31)32)18-9-3-2-4-10-18)29-27(33)34-16-24-21-13-7-5-11-19(21)20-12-6-8-14-22(20)24/h2-14,17,23-24H,15-16H2,1H3,(H,28,30)(H,29,33)(H,31,32). The molecule has 174 valence electrons. The lowest BCUT2D eigenvalue weighted by atomic mass is 9.98. The van der Waals surface area contributed by atoms with Crippen molar-refractivity contribution in [2.45, 2.75) is 24.8 Å². The number of carboxylic acid groups (broad SMARTS) is 1. The van der Waals surface area contributed by atoms with Crippen molar-refractivity contribution in [3.05, 3.63) is 95.6 Å². The van der Waals surface area contributed by atoms with Crippen molar-refractivity contribution in [2.24, 2.45) is 0 Å². The van der Waals surface area contributed by atoms with Crippen LogP contribution in [0.5, 0.6) is 0 Å². The van der Waals surface area contributed by atoms with Crippen LogP contribution in [-0.4, -0.2) is 42.3 Å². The van der Waals surface area contributed by atoms with E-state index in [4.69, 9.17) is 4.74 Å². The smallest absolute Gasteiger partial charge is 0.407 e. The van der Waals surface area contributed by atoms with E-state index in [0.29, 0.717) is 5.56 Å². The Bertz CT molecular complexity index is 1150. The predicted molar refractivity (Wildman–Crippen MR) is 127 cm³/mol. The molecule has 2 atom stereocenters. The van der Waals surface area contributed by atoms with Crippen molar-refractivity contribution < 1.29 is 24.2 Å². The number of ether oxygens (including phenoxy) is 1. The summed E-state index contributed by atoms with van der Waals surface area (Å²) < 4.78 is 5.47. The summed E-state index contributed by atoms with van der Waals surface area (Å²) in [6, 6.07) is 23.9. The molecule has 0 bridgehead atoms. The first-order chi connectivity index (χ1) is 16.5. The molecule has 2 unspecified atom stereocenters. The van der Waals surface area contributed by atoms with Gasteiger partial charge in [0.15, 0.2) is 0 Å². The third kappa shape index (κ3) is 4.93. The number of fused-ring (bicyclic) bond motifs is 3. The first kappa shape index (κ1) is 23.0. The summed E-state index contributed by atoms with van der Waals surface area (Å²) in [5.41, 5.74) is 5.05. The number of alkyl carbamates (subject to hydrolysis) is 1. The summed E-state index contributed by atoms with van der Waals surface area (Å²) in [4.78, 5) is 36.5. The van der Waals surface area contributed by atoms with Gasteiger partial charge in [0.25, 0.3) is 0 Å². The summed E-state index contributed by atoms with van der Waals surface area (Å²) in [5.74, 6) is -2.49. The summed E-state index contributed by atoms with van der Waals surface area (Å²) in [6.07, 6.45) is -0.706. The fraction of sp³-hybridized carbons (Fsp3) is 0.222. The van der Waals surface area contributed by atoms with Crippen LogP contribution in [0.15, 0.2) is 78.9 Å². The van der Waals surface area contributed by atoms with Crippen LogP contribution in [0.1, 0.15) is 35.4 Å². The Morgan fingerprint density at radius 2 is 1.44 bits per heavy atom. The van der Waals surface area contributed by atoms with E-state index in [2.05, 4.69) is 22.8 Å². The molecule has 7 heteroatoms. The van der Waals surface area contributed by atoms with Gasteiger partial charge < -0.3 is 20.5 Å². The maximum Gasteiger partial charge on any atom is 0.407 e. The van der Waals surface area contributed by atoms with E-state index in [1.54, 1.807) is 30.3 Å². The van der Waals surface area contributed by atoms with Crippen LogP contribution >= 0.6 is 0 Å². The maximum absolute atomic E-state index is 12.5. The average molecular weight is 459 g/mol. The third-order valence-electron chi connectivity index (χ3n) is 6.05. The van der Waals surface area contributed by atoms with Crippen molar-refractivity contribution in [3.63, 3.8) is 0 Å². The molecule has 0 radical (unpaired) electrons. The lowest BCUT2D eigenvalue weighted by Gasteiger charge is -2.18. The largest absolute Gasteiger partial charge is 0.481 e. The van der Waals surface area contributed by atoms with Crippen LogP contribution in [0.3, 0.4) is 0 Å². The van der Waals surface area contributed by atoms with E-state index in [-0.39, 0.29) is 19.1 Å². The molecule has 0 saturated carbocycles. The van der Waals surface area contributed by atoms with Gasteiger partial charge in [0.05, 0.1) is 5.92 Å². The van der Waals surface area contributed by atoms with Crippen molar-refractivity contribution in [3.8, 4) is 11.1 Å². The second-order valence-electron chi connectivity index (χ2n) is 8.24. The number of rotatable bonds is 8. The highest BCUT2D eigenvalue weighted by Gasteiger charge is 2.29. The predicted octanol–water partition coefficient (Wildman–Crippen LogP) is 3.90. The van der Waals surface area contributed by atoms with Gasteiger partial charge in [0, 0.05) is 12.5 Å². The number of aliphatic carboxylic acids is 1. The highest BCUT2D eigenvalue weighted by molar-refractivity contribution is 5.86. The molecular formula is C27H26N2O5. The summed E-state index contributed by atoms with van der Waals surface area (Å²) in [6.45, 7) is 1.58. The lowest BCUT2D eigenvalue weighted by molar-refractivity contribution is -0.138. The van der Waals surface area contributed by atoms with Crippen molar-refractivity contribution in [2.75, 3.05) is 13.2 Å². The van der Waals surface area contributed by atoms with E-state index < -0.39 is 29.9 Å². The molecule has 3 aromatic rings. The molecule has 3 N–H and O–H groups in total. The Kier molecular flexibility index (Phi) is 6.92. The Hall–Kier alpha value is -4.13. The molecule has 0 aliphatic heterocycles. The third-order valence-corrected chi connectivity index (χ3v) is 6.05. The number of hydrogen-bond acceptors (Lipinski definition) is 4. The number of benzene rings is 3. The summed E-state index contributed by atoms with van der Waals surface area (Å²) in [5, 5.41) is 14.6. The van der Waals surface area contributed by atoms with Crippen LogP contribution in [0.2, 0.25) is 0 Å². The lowest BCUT2D eigenvalue weighted by Crippen LogP contribution is -2.46. The number of nitrogens with one attached hydrogen (secondary N) is 2. The SMILES string of the molecule is CC(NC(=O)OCC1c2ccccc2-c2ccccc21)C(=O)NCC(C(=O)O)c1ccccc1. The first-order valence-electron chi connectivity index (χ1n) is 11.1. The Morgan fingerprint density at radius 3 is 2.03 bits per heavy atom. The molecular weight excluding hydrogens is 432 g/mol. The van der Waals surface area contributed by atoms with Crippen LogP contribution in [-0.2, 0) is 14.3 Å². The topological polar surface area (TPSA) is 105 Å². The van der Waals surface area contributed by atoms with Gasteiger partial charge in [0.1, 0.15) is 12.6 Å². The van der Waals surface area contributed by atoms with Gasteiger partial charge >= 0.3 is 12.1 Å². The molecule has 0 fully saturated rings. The van der Waals surface area contributed by atoms with Crippen LogP contribution in [0.4, 0.5) is 4.79 Å². The number of carbonyl (C=O) groups excluding carboxylic acids is 2. The molecule has 1 aliphatic carbocycles. The summed E-state index contributed by atoms with van der Waals surface area (Å²) >= 11 is 0. The van der Waals surface area contributed by atoms with Gasteiger partial charge in [-0.1, -0.05) is 78.9 Å². The van der Waals surface area contributed by atoms with Crippen molar-refractivity contribution >= 4 is 18.0 Å². The van der Waals surface area contributed by atoms with Crippen molar-refractivity contribution in [1.82, 2.24) is 10.6 Å². The fourth-order valence-corrected chi connectivity index (χ4v) is 4.27. The van der Waals surface area contributed by atoms with Gasteiger partial charge in [-0.3, -0.25) is 9.59 Å². The molecule has 4 rings (SSSR count). The highest BCUT2D eigenvalue weighted by atomic mass is 16.5. The van der Waals surface area contributed by atoms with Gasteiger partial charge in [-0.2, -0.15) is 0 Å². The van der Waals surface area contributed by atoms with E-state index in [1.165, 1.54) is 6.92 Å². The number of carboxylic acids is 1. The normalized spacial score (nSPS) is 13.8. The average Bonchev–Trinajstić information content (AvgIpc) is 3.17. The molecule has 0 aromatic heterocycles. The minimum atomic E-state index is -1.04. The number of amides is 2. The summed E-state index contributed by atoms with van der Waals surface area (Å²) in [7, 11) is 0. The number of hydrogen-bond donors (Lipinski definition) is 3. The Labute approximate surface area is 197 Å². The molecule has 1 aliphatic rings. The minimum Gasteiger partial charge on any atom is -0.481 e. The Balaban J connectivity index is 1.31. The second-order valence-corrected chi connectivity index (χ2v) is 8.24. The van der Waals surface area contributed by atoms with E-state index >= 15 is 0 Å². The monoisotopic (exact) mass is 458 g/mol. The molecule has 34 heavy (non-hydrogen) atoms. The molecule has 3 aromatic carbocycles. The van der Waals surface area contributed by atoms with Gasteiger partial charge in [0.2, 0.25) is 5.91 Å². The van der Waals surface area contributed by atoms with Gasteiger partial charge in [-0.15, -0.1) is 0 Å². The molecule has 2 amide bonds. The first-order valence-corrected chi connectivity index (χ1v) is 11.1. The number of carbonyl (C=O) groups is 3. The Morgan fingerprint density at radius 1 is 0.882 bits per heavy atom. The van der Waals surface area contributed by atoms with Gasteiger partial charge in [-0.05, 0) is 34.7 Å². The van der Waals surface area contributed by atoms with E-state index in [1.807, 2.05) is 36.4 Å². The molecule has 0 heterocycles. The fourth-order valence-electron chi connectivity index (χ4n) is 4.27. The van der Waals surface area contributed by atoms with E-state index in [9.17, 15) is 19.5 Å². The van der Waals surface area contributed by atoms with Crippen LogP contribution in [0, 0.1) is 0 Å². The van der Waals surface area contributed by atoms with Crippen LogP contribution < -0.4 is 10.6 Å².